The van der Waals surface area contributed by atoms with Gasteiger partial charge in [0.1, 0.15) is 12.1 Å². The molecule has 0 aromatic rings. The Bertz CT molecular complexity index is 638. The molecular formula is C22H42N4O7. The van der Waals surface area contributed by atoms with E-state index >= 15 is 0 Å². The van der Waals surface area contributed by atoms with Crippen molar-refractivity contribution in [2.45, 2.75) is 91.9 Å². The van der Waals surface area contributed by atoms with Gasteiger partial charge in [0.2, 0.25) is 17.7 Å². The second-order valence-electron chi connectivity index (χ2n) is 9.23. The summed E-state index contributed by atoms with van der Waals surface area (Å²) >= 11 is 0. The van der Waals surface area contributed by atoms with E-state index in [2.05, 4.69) is 16.0 Å². The number of carboxylic acid groups (broad SMARTS) is 2. The normalized spacial score (nSPS) is 14.4. The molecule has 0 aromatic heterocycles. The number of rotatable bonds is 13. The smallest absolute Gasteiger partial charge is 0.305 e. The van der Waals surface area contributed by atoms with Gasteiger partial charge in [0.25, 0.3) is 6.47 Å². The van der Waals surface area contributed by atoms with Crippen molar-refractivity contribution in [3.05, 3.63) is 0 Å². The van der Waals surface area contributed by atoms with Crippen molar-refractivity contribution < 1.29 is 34.2 Å². The van der Waals surface area contributed by atoms with Crippen molar-refractivity contribution in [2.24, 2.45) is 23.5 Å². The molecule has 0 spiro atoms. The Morgan fingerprint density at radius 3 is 1.64 bits per heavy atom. The van der Waals surface area contributed by atoms with E-state index in [4.69, 9.17) is 20.7 Å². The first kappa shape index (κ1) is 32.5. The third-order valence-corrected chi connectivity index (χ3v) is 4.60. The van der Waals surface area contributed by atoms with E-state index in [0.717, 1.165) is 0 Å². The van der Waals surface area contributed by atoms with Crippen molar-refractivity contribution in [3.63, 3.8) is 0 Å². The lowest BCUT2D eigenvalue weighted by atomic mass is 9.98. The molecule has 0 aromatic carbocycles. The van der Waals surface area contributed by atoms with Gasteiger partial charge in [0.05, 0.1) is 6.42 Å². The van der Waals surface area contributed by atoms with Gasteiger partial charge in [0.15, 0.2) is 0 Å². The number of hydrogen-bond donors (Lipinski definition) is 6. The number of amides is 3. The van der Waals surface area contributed by atoms with Crippen LogP contribution in [0.5, 0.6) is 0 Å². The molecule has 0 saturated carbocycles. The predicted octanol–water partition coefficient (Wildman–Crippen LogP) is 0.712. The molecule has 0 heterocycles. The Hall–Kier alpha value is -2.69. The Morgan fingerprint density at radius 2 is 1.24 bits per heavy atom. The maximum atomic E-state index is 12.8. The van der Waals surface area contributed by atoms with Crippen LogP contribution in [0.4, 0.5) is 0 Å². The van der Waals surface area contributed by atoms with Crippen LogP contribution in [0.3, 0.4) is 0 Å². The number of nitrogens with one attached hydrogen (secondary N) is 3. The molecule has 7 N–H and O–H groups in total. The van der Waals surface area contributed by atoms with E-state index in [-0.39, 0.29) is 43.1 Å². The fraction of sp³-hybridized carbons (Fsp3) is 0.773. The molecule has 0 saturated heterocycles. The maximum absolute atomic E-state index is 12.8. The summed E-state index contributed by atoms with van der Waals surface area (Å²) in [6, 6.07) is -2.52. The Balaban J connectivity index is 0. The summed E-state index contributed by atoms with van der Waals surface area (Å²) in [6.45, 7) is 12.5. The van der Waals surface area contributed by atoms with E-state index in [0.29, 0.717) is 12.3 Å². The van der Waals surface area contributed by atoms with Gasteiger partial charge in [0, 0.05) is 18.5 Å². The molecule has 0 aliphatic rings. The molecular weight excluding hydrogens is 432 g/mol. The minimum atomic E-state index is -1.02. The summed E-state index contributed by atoms with van der Waals surface area (Å²) in [7, 11) is 0. The summed E-state index contributed by atoms with van der Waals surface area (Å²) in [5.74, 6) is -2.31. The molecule has 192 valence electrons. The second-order valence-corrected chi connectivity index (χ2v) is 9.23. The molecule has 3 unspecified atom stereocenters. The van der Waals surface area contributed by atoms with Crippen molar-refractivity contribution in [2.75, 3.05) is 0 Å². The Kier molecular flexibility index (Phi) is 16.6. The fourth-order valence-corrected chi connectivity index (χ4v) is 3.12. The first-order chi connectivity index (χ1) is 15.2. The number of nitrogens with two attached hydrogens (primary N) is 1. The van der Waals surface area contributed by atoms with Crippen LogP contribution in [-0.2, 0) is 24.0 Å². The van der Waals surface area contributed by atoms with Crippen LogP contribution in [0.1, 0.15) is 67.7 Å². The highest BCUT2D eigenvalue weighted by Crippen LogP contribution is 2.09. The lowest BCUT2D eigenvalue weighted by Gasteiger charge is -2.28. The Morgan fingerprint density at radius 1 is 0.818 bits per heavy atom. The van der Waals surface area contributed by atoms with E-state index in [1.54, 1.807) is 34.6 Å². The molecule has 0 fully saturated rings. The molecule has 0 bridgehead atoms. The van der Waals surface area contributed by atoms with Gasteiger partial charge in [-0.15, -0.1) is 0 Å². The quantitative estimate of drug-likeness (QED) is 0.210. The summed E-state index contributed by atoms with van der Waals surface area (Å²) in [5.41, 5.74) is 5.99. The van der Waals surface area contributed by atoms with E-state index in [9.17, 15) is 19.2 Å². The largest absolute Gasteiger partial charge is 0.483 e. The molecule has 4 atom stereocenters. The minimum Gasteiger partial charge on any atom is -0.483 e. The lowest BCUT2D eigenvalue weighted by Crippen LogP contribution is -2.57. The average Bonchev–Trinajstić information content (AvgIpc) is 2.62. The topological polar surface area (TPSA) is 188 Å². The van der Waals surface area contributed by atoms with E-state index < -0.39 is 35.9 Å². The fourth-order valence-electron chi connectivity index (χ4n) is 3.12. The average molecular weight is 475 g/mol. The molecule has 0 aliphatic heterocycles. The zero-order valence-electron chi connectivity index (χ0n) is 20.8. The highest BCUT2D eigenvalue weighted by molar-refractivity contribution is 5.92. The van der Waals surface area contributed by atoms with Crippen LogP contribution in [0.15, 0.2) is 0 Å². The van der Waals surface area contributed by atoms with Gasteiger partial charge in [-0.05, 0) is 31.1 Å². The Labute approximate surface area is 196 Å². The summed E-state index contributed by atoms with van der Waals surface area (Å²) in [6.07, 6.45) is 0.609. The highest BCUT2D eigenvalue weighted by atomic mass is 16.4. The number of carboxylic acids is 1. The molecule has 0 radical (unpaired) electrons. The summed E-state index contributed by atoms with van der Waals surface area (Å²) in [5, 5.41) is 23.8. The standard InChI is InChI=1S/C21H40N4O5.CH2O2/c1-11(2)8-15(22)10-16(26)24-18(12(3)4)21(30)25-19(13(5)6)20(29)23-14(7)9-17(27)28;2-1-3/h11-15,18-19H,8-10,22H2,1-7H3,(H,23,29)(H,24,26)(H,25,30)(H,27,28);1H,(H,2,3)/t14?,15?,18?,19-;/m0./s1. The van der Waals surface area contributed by atoms with Gasteiger partial charge in [-0.3, -0.25) is 24.0 Å². The van der Waals surface area contributed by atoms with Crippen molar-refractivity contribution in [1.82, 2.24) is 16.0 Å². The third-order valence-electron chi connectivity index (χ3n) is 4.60. The second kappa shape index (κ2) is 16.9. The molecule has 33 heavy (non-hydrogen) atoms. The lowest BCUT2D eigenvalue weighted by molar-refractivity contribution is -0.138. The van der Waals surface area contributed by atoms with Gasteiger partial charge < -0.3 is 31.9 Å². The number of aliphatic carboxylic acids is 1. The maximum Gasteiger partial charge on any atom is 0.305 e. The predicted molar refractivity (Wildman–Crippen MR) is 124 cm³/mol. The highest BCUT2D eigenvalue weighted by Gasteiger charge is 2.31. The van der Waals surface area contributed by atoms with Crippen LogP contribution in [-0.4, -0.2) is 64.5 Å². The first-order valence-electron chi connectivity index (χ1n) is 11.1. The van der Waals surface area contributed by atoms with Crippen LogP contribution in [0.25, 0.3) is 0 Å². The molecule has 0 aliphatic carbocycles. The van der Waals surface area contributed by atoms with Crippen molar-refractivity contribution >= 4 is 30.2 Å². The van der Waals surface area contributed by atoms with Gasteiger partial charge in [-0.25, -0.2) is 0 Å². The SMILES string of the molecule is CC(C)CC(N)CC(=O)NC(C(=O)N[C@H](C(=O)NC(C)CC(=O)O)C(C)C)C(C)C.O=CO. The summed E-state index contributed by atoms with van der Waals surface area (Å²) in [4.78, 5) is 56.9. The van der Waals surface area contributed by atoms with E-state index in [1.807, 2.05) is 13.8 Å². The van der Waals surface area contributed by atoms with Crippen LogP contribution in [0.2, 0.25) is 0 Å². The monoisotopic (exact) mass is 474 g/mol. The number of carbonyl (C=O) groups is 5. The minimum absolute atomic E-state index is 0.121. The molecule has 11 heteroatoms. The van der Waals surface area contributed by atoms with Gasteiger partial charge in [-0.1, -0.05) is 41.5 Å². The first-order valence-corrected chi connectivity index (χ1v) is 11.1. The molecule has 3 amide bonds. The van der Waals surface area contributed by atoms with Crippen LogP contribution >= 0.6 is 0 Å². The van der Waals surface area contributed by atoms with Gasteiger partial charge in [-0.2, -0.15) is 0 Å². The molecule has 11 nitrogen and oxygen atoms in total. The number of carbonyl (C=O) groups excluding carboxylic acids is 3. The number of hydrogen-bond acceptors (Lipinski definition) is 6. The summed E-state index contributed by atoms with van der Waals surface area (Å²) < 4.78 is 0. The van der Waals surface area contributed by atoms with Crippen LogP contribution < -0.4 is 21.7 Å². The van der Waals surface area contributed by atoms with Crippen molar-refractivity contribution in [3.8, 4) is 0 Å². The zero-order valence-corrected chi connectivity index (χ0v) is 20.8. The zero-order chi connectivity index (χ0) is 26.3. The van der Waals surface area contributed by atoms with Crippen LogP contribution in [0, 0.1) is 17.8 Å². The van der Waals surface area contributed by atoms with Gasteiger partial charge >= 0.3 is 5.97 Å². The third kappa shape index (κ3) is 15.7. The molecule has 0 rings (SSSR count). The van der Waals surface area contributed by atoms with Crippen molar-refractivity contribution in [1.29, 1.82) is 0 Å². The van der Waals surface area contributed by atoms with E-state index in [1.165, 1.54) is 0 Å².